The molecule has 46 heavy (non-hydrogen) atoms. The molecule has 0 aliphatic carbocycles. The predicted molar refractivity (Wildman–Crippen MR) is 169 cm³/mol. The maximum atomic E-state index is 16.3. The van der Waals surface area contributed by atoms with E-state index in [1.807, 2.05) is 0 Å². The number of pyridine rings is 1. The zero-order valence-electron chi connectivity index (χ0n) is 26.8. The molecule has 9 rings (SSSR count). The fourth-order valence-electron chi connectivity index (χ4n) is 7.55. The highest BCUT2D eigenvalue weighted by Gasteiger charge is 2.45. The number of nitrogens with one attached hydrogen (secondary N) is 1. The van der Waals surface area contributed by atoms with E-state index in [-0.39, 0.29) is 67.5 Å². The number of piperidine rings is 1. The van der Waals surface area contributed by atoms with E-state index in [1.165, 1.54) is 34.4 Å². The molecule has 8 nitrogen and oxygen atoms in total. The fourth-order valence-corrected chi connectivity index (χ4v) is 7.55. The molecule has 6 bridgehead atoms. The summed E-state index contributed by atoms with van der Waals surface area (Å²) in [6.45, 7) is 5.40. The standard InChI is InChI=1S/C34H43F4N5O3/c1-21-8-5-4-6-15-43-30-25(20-27(31(44)41(30)3)33(36)13-18-46-19-14-33)29(40-32(43)45)39-22(2)24-9-7-10-26(28(24)35)34(37,38)23-11-16-42(21)17-12-23/h7,9-10,20-23H,4-6,8,11-19H2,1-3H3,(H,39,40,45)/t21?,22-/m1/s1. The minimum atomic E-state index is -3.37. The van der Waals surface area contributed by atoms with Crippen LogP contribution in [0.2, 0.25) is 0 Å². The van der Waals surface area contributed by atoms with Crippen LogP contribution in [0.25, 0.3) is 11.0 Å². The quantitative estimate of drug-likeness (QED) is 0.320. The van der Waals surface area contributed by atoms with Gasteiger partial charge >= 0.3 is 5.69 Å². The number of anilines is 1. The highest BCUT2D eigenvalue weighted by molar-refractivity contribution is 5.88. The lowest BCUT2D eigenvalue weighted by Crippen LogP contribution is -2.43. The van der Waals surface area contributed by atoms with Crippen molar-refractivity contribution in [3.8, 4) is 0 Å². The molecular weight excluding hydrogens is 602 g/mol. The average molecular weight is 646 g/mol. The van der Waals surface area contributed by atoms with E-state index >= 15 is 17.6 Å². The summed E-state index contributed by atoms with van der Waals surface area (Å²) >= 11 is 0. The number of nitrogens with zero attached hydrogens (tertiary/aromatic N) is 4. The van der Waals surface area contributed by atoms with Crippen LogP contribution in [-0.2, 0) is 29.9 Å². The first kappa shape index (κ1) is 32.7. The highest BCUT2D eigenvalue weighted by Crippen LogP contribution is 2.44. The Balaban J connectivity index is 1.49. The van der Waals surface area contributed by atoms with E-state index in [9.17, 15) is 9.59 Å². The van der Waals surface area contributed by atoms with Crippen molar-refractivity contribution in [1.82, 2.24) is 19.0 Å². The van der Waals surface area contributed by atoms with Gasteiger partial charge < -0.3 is 15.0 Å². The Bertz CT molecular complexity index is 1710. The lowest BCUT2D eigenvalue weighted by Gasteiger charge is -2.39. The summed E-state index contributed by atoms with van der Waals surface area (Å²) in [6, 6.07) is 4.77. The second-order valence-electron chi connectivity index (χ2n) is 13.3. The van der Waals surface area contributed by atoms with Crippen LogP contribution in [0.1, 0.15) is 87.9 Å². The second kappa shape index (κ2) is 12.7. The van der Waals surface area contributed by atoms with Gasteiger partial charge in [0.15, 0.2) is 0 Å². The zero-order valence-corrected chi connectivity index (χ0v) is 26.8. The van der Waals surface area contributed by atoms with Gasteiger partial charge in [0.1, 0.15) is 23.0 Å². The monoisotopic (exact) mass is 645 g/mol. The predicted octanol–water partition coefficient (Wildman–Crippen LogP) is 6.15. The minimum Gasteiger partial charge on any atom is -0.381 e. The number of rotatable bonds is 1. The van der Waals surface area contributed by atoms with Crippen molar-refractivity contribution < 1.29 is 22.3 Å². The van der Waals surface area contributed by atoms with Gasteiger partial charge in [0, 0.05) is 57.2 Å². The van der Waals surface area contributed by atoms with Gasteiger partial charge in [-0.2, -0.15) is 4.98 Å². The SMILES string of the molecule is CC1CCCCCn2c(=O)nc(c3cc(C4(F)CCOCC4)c(=O)n(C)c32)N[C@H](C)c2cccc(c2F)C(F)(F)C2CCN1CC2. The Labute approximate surface area is 265 Å². The number of benzene rings is 1. The van der Waals surface area contributed by atoms with Crippen molar-refractivity contribution in [2.45, 2.75) is 95.4 Å². The van der Waals surface area contributed by atoms with Crippen molar-refractivity contribution in [1.29, 1.82) is 0 Å². The van der Waals surface area contributed by atoms with Crippen molar-refractivity contribution >= 4 is 16.9 Å². The van der Waals surface area contributed by atoms with Crippen LogP contribution in [-0.4, -0.2) is 51.4 Å². The van der Waals surface area contributed by atoms with E-state index in [1.54, 1.807) is 6.92 Å². The number of aromatic nitrogens is 3. The van der Waals surface area contributed by atoms with Gasteiger partial charge in [0.05, 0.1) is 22.6 Å². The molecule has 8 heterocycles. The van der Waals surface area contributed by atoms with Crippen LogP contribution < -0.4 is 16.6 Å². The van der Waals surface area contributed by atoms with Crippen LogP contribution in [0, 0.1) is 11.7 Å². The number of hydrogen-bond acceptors (Lipinski definition) is 6. The maximum Gasteiger partial charge on any atom is 0.351 e. The van der Waals surface area contributed by atoms with Gasteiger partial charge in [-0.3, -0.25) is 13.9 Å². The molecule has 0 spiro atoms. The molecule has 0 amide bonds. The Morgan fingerprint density at radius 1 is 0.957 bits per heavy atom. The first-order valence-electron chi connectivity index (χ1n) is 16.5. The molecule has 3 aromatic rings. The lowest BCUT2D eigenvalue weighted by molar-refractivity contribution is -0.0907. The number of aryl methyl sites for hydroxylation is 2. The summed E-state index contributed by atoms with van der Waals surface area (Å²) in [5.41, 5.74) is -3.54. The van der Waals surface area contributed by atoms with Crippen molar-refractivity contribution in [3.63, 3.8) is 0 Å². The molecule has 1 unspecified atom stereocenters. The molecule has 2 saturated heterocycles. The van der Waals surface area contributed by atoms with E-state index in [0.29, 0.717) is 31.4 Å². The molecule has 0 saturated carbocycles. The molecule has 0 radical (unpaired) electrons. The van der Waals surface area contributed by atoms with Crippen LogP contribution in [0.3, 0.4) is 0 Å². The summed E-state index contributed by atoms with van der Waals surface area (Å²) in [7, 11) is 1.51. The summed E-state index contributed by atoms with van der Waals surface area (Å²) in [4.78, 5) is 33.7. The fraction of sp³-hybridized carbons (Fsp3) is 0.618. The molecule has 2 atom stereocenters. The maximum absolute atomic E-state index is 16.3. The first-order chi connectivity index (χ1) is 21.9. The Hall–Kier alpha value is -3.25. The Morgan fingerprint density at radius 2 is 1.67 bits per heavy atom. The van der Waals surface area contributed by atoms with E-state index in [4.69, 9.17) is 4.74 Å². The van der Waals surface area contributed by atoms with E-state index in [2.05, 4.69) is 22.1 Å². The van der Waals surface area contributed by atoms with E-state index < -0.39 is 46.2 Å². The molecule has 6 aliphatic rings. The average Bonchev–Trinajstić information content (AvgIpc) is 3.03. The number of hydrogen-bond donors (Lipinski definition) is 1. The van der Waals surface area contributed by atoms with Crippen LogP contribution in [0.15, 0.2) is 33.9 Å². The van der Waals surface area contributed by atoms with Gasteiger partial charge in [0.25, 0.3) is 11.5 Å². The molecule has 6 aliphatic heterocycles. The number of alkyl halides is 3. The van der Waals surface area contributed by atoms with Gasteiger partial charge in [-0.25, -0.2) is 22.4 Å². The third-order valence-corrected chi connectivity index (χ3v) is 10.5. The lowest BCUT2D eigenvalue weighted by atomic mass is 9.84. The molecule has 12 heteroatoms. The van der Waals surface area contributed by atoms with Crippen LogP contribution in [0.5, 0.6) is 0 Å². The van der Waals surface area contributed by atoms with Gasteiger partial charge in [0.2, 0.25) is 0 Å². The van der Waals surface area contributed by atoms with Crippen molar-refractivity contribution in [3.05, 3.63) is 67.6 Å². The first-order valence-corrected chi connectivity index (χ1v) is 16.5. The highest BCUT2D eigenvalue weighted by atomic mass is 19.3. The minimum absolute atomic E-state index is 0.00302. The Morgan fingerprint density at radius 3 is 2.39 bits per heavy atom. The molecule has 2 aromatic heterocycles. The normalized spacial score (nSPS) is 26.9. The third-order valence-electron chi connectivity index (χ3n) is 10.5. The Kier molecular flexibility index (Phi) is 9.06. The molecule has 2 fully saturated rings. The number of halogens is 4. The molecular formula is C34H43F4N5O3. The van der Waals surface area contributed by atoms with Crippen LogP contribution in [0.4, 0.5) is 23.4 Å². The molecule has 1 N–H and O–H groups in total. The summed E-state index contributed by atoms with van der Waals surface area (Å²) in [5.74, 6) is -5.32. The van der Waals surface area contributed by atoms with Crippen molar-refractivity contribution in [2.24, 2.45) is 13.0 Å². The summed E-state index contributed by atoms with van der Waals surface area (Å²) in [6.07, 6.45) is 3.78. The second-order valence-corrected chi connectivity index (χ2v) is 13.3. The smallest absolute Gasteiger partial charge is 0.351 e. The van der Waals surface area contributed by atoms with Gasteiger partial charge in [-0.1, -0.05) is 31.0 Å². The summed E-state index contributed by atoms with van der Waals surface area (Å²) in [5, 5.41) is 3.39. The zero-order chi connectivity index (χ0) is 32.8. The largest absolute Gasteiger partial charge is 0.381 e. The van der Waals surface area contributed by atoms with Gasteiger partial charge in [-0.05, 0) is 58.7 Å². The topological polar surface area (TPSA) is 81.4 Å². The van der Waals surface area contributed by atoms with Crippen molar-refractivity contribution in [2.75, 3.05) is 31.6 Å². The van der Waals surface area contributed by atoms with Gasteiger partial charge in [-0.15, -0.1) is 0 Å². The summed E-state index contributed by atoms with van der Waals surface area (Å²) < 4.78 is 72.3. The number of ether oxygens (including phenoxy) is 1. The molecule has 250 valence electrons. The third kappa shape index (κ3) is 5.87. The van der Waals surface area contributed by atoms with Crippen LogP contribution >= 0.6 is 0 Å². The molecule has 1 aromatic carbocycles. The van der Waals surface area contributed by atoms with E-state index in [0.717, 1.165) is 25.3 Å².